The van der Waals surface area contributed by atoms with Crippen molar-refractivity contribution in [1.82, 2.24) is 5.32 Å². The van der Waals surface area contributed by atoms with Gasteiger partial charge in [-0.05, 0) is 48.6 Å². The Morgan fingerprint density at radius 2 is 2.38 bits per heavy atom. The molecule has 0 amide bonds. The molecule has 1 N–H and O–H groups in total. The molecule has 0 aliphatic carbocycles. The van der Waals surface area contributed by atoms with E-state index >= 15 is 0 Å². The van der Waals surface area contributed by atoms with E-state index in [1.165, 1.54) is 24.0 Å². The van der Waals surface area contributed by atoms with Gasteiger partial charge in [-0.3, -0.25) is 0 Å². The highest BCUT2D eigenvalue weighted by Gasteiger charge is 2.18. The first-order chi connectivity index (χ1) is 7.81. The maximum atomic E-state index is 6.02. The molecule has 1 saturated heterocycles. The summed E-state index contributed by atoms with van der Waals surface area (Å²) in [5.41, 5.74) is 2.61. The molecule has 0 radical (unpaired) electrons. The highest BCUT2D eigenvalue weighted by atomic mass is 35.5. The van der Waals surface area contributed by atoms with Crippen LogP contribution >= 0.6 is 11.6 Å². The number of nitrogens with one attached hydrogen (secondary N) is 1. The Hall–Kier alpha value is -0.570. The van der Waals surface area contributed by atoms with Crippen molar-refractivity contribution in [2.45, 2.75) is 25.4 Å². The lowest BCUT2D eigenvalue weighted by atomic mass is 9.88. The van der Waals surface area contributed by atoms with E-state index in [1.54, 1.807) is 7.11 Å². The summed E-state index contributed by atoms with van der Waals surface area (Å²) in [4.78, 5) is 0. The fourth-order valence-corrected chi connectivity index (χ4v) is 2.57. The summed E-state index contributed by atoms with van der Waals surface area (Å²) in [7, 11) is 1.73. The zero-order valence-electron chi connectivity index (χ0n) is 9.63. The summed E-state index contributed by atoms with van der Waals surface area (Å²) in [6.07, 6.45) is 2.51. The summed E-state index contributed by atoms with van der Waals surface area (Å²) >= 11 is 6.02. The van der Waals surface area contributed by atoms with Gasteiger partial charge in [-0.15, -0.1) is 0 Å². The van der Waals surface area contributed by atoms with Crippen LogP contribution in [0.1, 0.15) is 29.9 Å². The SMILES string of the molecule is COCc1cc(Cl)ccc1C1CCCNC1. The number of rotatable bonds is 3. The normalized spacial score (nSPS) is 21.0. The molecule has 2 rings (SSSR count). The molecular weight excluding hydrogens is 222 g/mol. The van der Waals surface area contributed by atoms with Crippen LogP contribution in [0.15, 0.2) is 18.2 Å². The number of hydrogen-bond acceptors (Lipinski definition) is 2. The molecule has 2 nitrogen and oxygen atoms in total. The second kappa shape index (κ2) is 5.67. The van der Waals surface area contributed by atoms with Gasteiger partial charge in [0.15, 0.2) is 0 Å². The molecule has 1 aliphatic rings. The van der Waals surface area contributed by atoms with Gasteiger partial charge in [0.25, 0.3) is 0 Å². The van der Waals surface area contributed by atoms with Gasteiger partial charge in [0.2, 0.25) is 0 Å². The summed E-state index contributed by atoms with van der Waals surface area (Å²) in [6, 6.07) is 6.15. The molecule has 0 bridgehead atoms. The van der Waals surface area contributed by atoms with Gasteiger partial charge in [-0.25, -0.2) is 0 Å². The van der Waals surface area contributed by atoms with E-state index < -0.39 is 0 Å². The van der Waals surface area contributed by atoms with Gasteiger partial charge in [-0.2, -0.15) is 0 Å². The average Bonchev–Trinajstić information content (AvgIpc) is 2.31. The smallest absolute Gasteiger partial charge is 0.0716 e. The molecule has 0 saturated carbocycles. The Kier molecular flexibility index (Phi) is 4.22. The van der Waals surface area contributed by atoms with Crippen LogP contribution in [0.4, 0.5) is 0 Å². The quantitative estimate of drug-likeness (QED) is 0.876. The number of ether oxygens (including phenoxy) is 1. The third kappa shape index (κ3) is 2.76. The minimum Gasteiger partial charge on any atom is -0.380 e. The van der Waals surface area contributed by atoms with Crippen LogP contribution in [0.25, 0.3) is 0 Å². The van der Waals surface area contributed by atoms with Gasteiger partial charge in [-0.1, -0.05) is 17.7 Å². The van der Waals surface area contributed by atoms with E-state index in [0.29, 0.717) is 12.5 Å². The van der Waals surface area contributed by atoms with Crippen LogP contribution in [0, 0.1) is 0 Å². The number of benzene rings is 1. The summed E-state index contributed by atoms with van der Waals surface area (Å²) in [5, 5.41) is 4.23. The van der Waals surface area contributed by atoms with Gasteiger partial charge in [0.05, 0.1) is 6.61 Å². The first kappa shape index (κ1) is 11.9. The maximum absolute atomic E-state index is 6.02. The van der Waals surface area contributed by atoms with E-state index in [2.05, 4.69) is 11.4 Å². The van der Waals surface area contributed by atoms with Gasteiger partial charge in [0, 0.05) is 18.7 Å². The number of piperidine rings is 1. The first-order valence-corrected chi connectivity index (χ1v) is 6.17. The van der Waals surface area contributed by atoms with Crippen molar-refractivity contribution in [2.75, 3.05) is 20.2 Å². The molecule has 16 heavy (non-hydrogen) atoms. The molecule has 0 spiro atoms. The molecule has 1 aromatic carbocycles. The molecule has 3 heteroatoms. The molecule has 0 aromatic heterocycles. The van der Waals surface area contributed by atoms with Gasteiger partial charge in [0.1, 0.15) is 0 Å². The number of hydrogen-bond donors (Lipinski definition) is 1. The summed E-state index contributed by atoms with van der Waals surface area (Å²) < 4.78 is 5.24. The molecule has 1 aromatic rings. The number of methoxy groups -OCH3 is 1. The second-order valence-electron chi connectivity index (χ2n) is 4.32. The van der Waals surface area contributed by atoms with Crippen molar-refractivity contribution < 1.29 is 4.74 Å². The lowest BCUT2D eigenvalue weighted by molar-refractivity contribution is 0.183. The zero-order chi connectivity index (χ0) is 11.4. The lowest BCUT2D eigenvalue weighted by Crippen LogP contribution is -2.28. The van der Waals surface area contributed by atoms with Crippen molar-refractivity contribution in [1.29, 1.82) is 0 Å². The van der Waals surface area contributed by atoms with Gasteiger partial charge < -0.3 is 10.1 Å². The Morgan fingerprint density at radius 3 is 3.06 bits per heavy atom. The van der Waals surface area contributed by atoms with Crippen molar-refractivity contribution in [2.24, 2.45) is 0 Å². The highest BCUT2D eigenvalue weighted by Crippen LogP contribution is 2.28. The van der Waals surface area contributed by atoms with E-state index in [4.69, 9.17) is 16.3 Å². The lowest BCUT2D eigenvalue weighted by Gasteiger charge is -2.25. The van der Waals surface area contributed by atoms with E-state index in [1.807, 2.05) is 12.1 Å². The standard InChI is InChI=1S/C13H18ClNO/c1-16-9-11-7-12(14)4-5-13(11)10-3-2-6-15-8-10/h4-5,7,10,15H,2-3,6,8-9H2,1H3. The first-order valence-electron chi connectivity index (χ1n) is 5.79. The number of halogens is 1. The molecule has 1 atom stereocenters. The predicted octanol–water partition coefficient (Wildman–Crippen LogP) is 2.95. The monoisotopic (exact) mass is 239 g/mol. The molecule has 1 aliphatic heterocycles. The fraction of sp³-hybridized carbons (Fsp3) is 0.538. The minimum atomic E-state index is 0.608. The Bertz CT molecular complexity index is 348. The van der Waals surface area contributed by atoms with E-state index in [0.717, 1.165) is 18.1 Å². The van der Waals surface area contributed by atoms with Crippen LogP contribution in [-0.4, -0.2) is 20.2 Å². The second-order valence-corrected chi connectivity index (χ2v) is 4.76. The van der Waals surface area contributed by atoms with Crippen LogP contribution in [0.3, 0.4) is 0 Å². The highest BCUT2D eigenvalue weighted by molar-refractivity contribution is 6.30. The topological polar surface area (TPSA) is 21.3 Å². The van der Waals surface area contributed by atoms with Crippen LogP contribution < -0.4 is 5.32 Å². The van der Waals surface area contributed by atoms with E-state index in [9.17, 15) is 0 Å². The Labute approximate surface area is 102 Å². The molecule has 1 unspecified atom stereocenters. The van der Waals surface area contributed by atoms with Gasteiger partial charge >= 0.3 is 0 Å². The van der Waals surface area contributed by atoms with Crippen LogP contribution in [0.5, 0.6) is 0 Å². The van der Waals surface area contributed by atoms with Crippen molar-refractivity contribution in [3.63, 3.8) is 0 Å². The maximum Gasteiger partial charge on any atom is 0.0716 e. The molecule has 88 valence electrons. The third-order valence-corrected chi connectivity index (χ3v) is 3.38. The molecular formula is C13H18ClNO. The van der Waals surface area contributed by atoms with Crippen LogP contribution in [-0.2, 0) is 11.3 Å². The summed E-state index contributed by atoms with van der Waals surface area (Å²) in [6.45, 7) is 2.86. The Balaban J connectivity index is 2.23. The summed E-state index contributed by atoms with van der Waals surface area (Å²) in [5.74, 6) is 0.608. The van der Waals surface area contributed by atoms with Crippen molar-refractivity contribution in [3.05, 3.63) is 34.3 Å². The van der Waals surface area contributed by atoms with Crippen molar-refractivity contribution >= 4 is 11.6 Å². The molecule has 1 heterocycles. The largest absolute Gasteiger partial charge is 0.380 e. The fourth-order valence-electron chi connectivity index (χ4n) is 2.37. The third-order valence-electron chi connectivity index (χ3n) is 3.14. The molecule has 1 fully saturated rings. The predicted molar refractivity (Wildman–Crippen MR) is 67.0 cm³/mol. The Morgan fingerprint density at radius 1 is 1.50 bits per heavy atom. The van der Waals surface area contributed by atoms with E-state index in [-0.39, 0.29) is 0 Å². The zero-order valence-corrected chi connectivity index (χ0v) is 10.4. The average molecular weight is 240 g/mol. The van der Waals surface area contributed by atoms with Crippen molar-refractivity contribution in [3.8, 4) is 0 Å². The van der Waals surface area contributed by atoms with Crippen LogP contribution in [0.2, 0.25) is 5.02 Å². The minimum absolute atomic E-state index is 0.608.